The van der Waals surface area contributed by atoms with Gasteiger partial charge in [0.2, 0.25) is 0 Å². The molecule has 2 nitrogen and oxygen atoms in total. The predicted molar refractivity (Wildman–Crippen MR) is 39.8 cm³/mol. The molecule has 0 radical (unpaired) electrons. The minimum atomic E-state index is -0.491. The molecule has 1 rings (SSSR count). The maximum Gasteiger partial charge on any atom is 0.116 e. The maximum atomic E-state index is 9.38. The summed E-state index contributed by atoms with van der Waals surface area (Å²) in [7, 11) is 0. The molecule has 10 heavy (non-hydrogen) atoms. The van der Waals surface area contributed by atoms with E-state index in [1.165, 1.54) is 0 Å². The van der Waals surface area contributed by atoms with E-state index >= 15 is 0 Å². The average Bonchev–Trinajstić information content (AvgIpc) is 2.38. The summed E-state index contributed by atoms with van der Waals surface area (Å²) in [4.78, 5) is 0. The van der Waals surface area contributed by atoms with E-state index in [0.29, 0.717) is 0 Å². The Kier molecular flexibility index (Phi) is 1.61. The number of rotatable bonds is 2. The molecule has 1 saturated heterocycles. The third-order valence-electron chi connectivity index (χ3n) is 1.85. The molecule has 2 atom stereocenters. The summed E-state index contributed by atoms with van der Waals surface area (Å²) in [5.74, 6) is 0. The van der Waals surface area contributed by atoms with Crippen molar-refractivity contribution in [1.82, 2.24) is 0 Å². The van der Waals surface area contributed by atoms with Crippen LogP contribution in [0.1, 0.15) is 20.8 Å². The largest absolute Gasteiger partial charge is 0.386 e. The van der Waals surface area contributed by atoms with Crippen LogP contribution >= 0.6 is 0 Å². The van der Waals surface area contributed by atoms with Crippen molar-refractivity contribution in [2.45, 2.75) is 38.6 Å². The standard InChI is InChI=1S/C8H14O2/c1-5(2)6(9)7-8(3,4)10-7/h6-7,9H,1H2,2-4H3/t6-,7?/m0/s1. The Morgan fingerprint density at radius 1 is 1.70 bits per heavy atom. The third kappa shape index (κ3) is 1.22. The third-order valence-corrected chi connectivity index (χ3v) is 1.85. The van der Waals surface area contributed by atoms with E-state index in [2.05, 4.69) is 6.58 Å². The minimum absolute atomic E-state index is 0.0370. The number of aliphatic hydroxyl groups excluding tert-OH is 1. The zero-order valence-corrected chi connectivity index (χ0v) is 6.72. The Morgan fingerprint density at radius 2 is 2.10 bits per heavy atom. The molecule has 0 saturated carbocycles. The smallest absolute Gasteiger partial charge is 0.116 e. The van der Waals surface area contributed by atoms with Crippen LogP contribution < -0.4 is 0 Å². The van der Waals surface area contributed by atoms with Crippen LogP contribution in [-0.4, -0.2) is 22.9 Å². The van der Waals surface area contributed by atoms with Gasteiger partial charge in [0, 0.05) is 0 Å². The van der Waals surface area contributed by atoms with E-state index in [1.54, 1.807) is 0 Å². The lowest BCUT2D eigenvalue weighted by atomic mass is 10.0. The van der Waals surface area contributed by atoms with Crippen LogP contribution in [0.25, 0.3) is 0 Å². The van der Waals surface area contributed by atoms with Crippen molar-refractivity contribution in [2.75, 3.05) is 0 Å². The zero-order valence-electron chi connectivity index (χ0n) is 6.72. The lowest BCUT2D eigenvalue weighted by molar-refractivity contribution is 0.167. The van der Waals surface area contributed by atoms with Gasteiger partial charge < -0.3 is 9.84 Å². The van der Waals surface area contributed by atoms with Gasteiger partial charge in [0.25, 0.3) is 0 Å². The number of ether oxygens (including phenoxy) is 1. The van der Waals surface area contributed by atoms with Gasteiger partial charge in [-0.1, -0.05) is 6.58 Å². The van der Waals surface area contributed by atoms with Crippen molar-refractivity contribution in [3.05, 3.63) is 12.2 Å². The van der Waals surface area contributed by atoms with Gasteiger partial charge in [0.15, 0.2) is 0 Å². The topological polar surface area (TPSA) is 32.8 Å². The fourth-order valence-electron chi connectivity index (χ4n) is 0.996. The Hall–Kier alpha value is -0.340. The highest BCUT2D eigenvalue weighted by Crippen LogP contribution is 2.39. The molecule has 1 N–H and O–H groups in total. The molecular formula is C8H14O2. The van der Waals surface area contributed by atoms with Crippen molar-refractivity contribution in [2.24, 2.45) is 0 Å². The second-order valence-electron chi connectivity index (χ2n) is 3.43. The molecule has 0 aromatic rings. The van der Waals surface area contributed by atoms with Crippen LogP contribution in [0, 0.1) is 0 Å². The van der Waals surface area contributed by atoms with Crippen molar-refractivity contribution < 1.29 is 9.84 Å². The molecule has 0 aromatic heterocycles. The van der Waals surface area contributed by atoms with Crippen molar-refractivity contribution in [1.29, 1.82) is 0 Å². The van der Waals surface area contributed by atoms with Crippen LogP contribution in [-0.2, 0) is 4.74 Å². The van der Waals surface area contributed by atoms with Gasteiger partial charge in [0.05, 0.1) is 5.60 Å². The fourth-order valence-corrected chi connectivity index (χ4v) is 0.996. The van der Waals surface area contributed by atoms with E-state index in [9.17, 15) is 5.11 Å². The molecule has 1 heterocycles. The number of epoxide rings is 1. The first-order valence-corrected chi connectivity index (χ1v) is 3.46. The summed E-state index contributed by atoms with van der Waals surface area (Å²) in [6.45, 7) is 9.38. The molecule has 2 heteroatoms. The van der Waals surface area contributed by atoms with Crippen LogP contribution in [0.4, 0.5) is 0 Å². The van der Waals surface area contributed by atoms with Gasteiger partial charge in [0.1, 0.15) is 12.2 Å². The summed E-state index contributed by atoms with van der Waals surface area (Å²) in [6, 6.07) is 0. The van der Waals surface area contributed by atoms with Crippen molar-refractivity contribution >= 4 is 0 Å². The SMILES string of the molecule is C=C(C)[C@H](O)C1OC1(C)C. The van der Waals surface area contributed by atoms with Gasteiger partial charge in [-0.3, -0.25) is 0 Å². The van der Waals surface area contributed by atoms with Crippen LogP contribution in [0.5, 0.6) is 0 Å². The van der Waals surface area contributed by atoms with Crippen LogP contribution in [0.2, 0.25) is 0 Å². The molecule has 1 aliphatic rings. The van der Waals surface area contributed by atoms with Gasteiger partial charge in [-0.25, -0.2) is 0 Å². The molecule has 1 aliphatic heterocycles. The second-order valence-corrected chi connectivity index (χ2v) is 3.43. The molecule has 1 unspecified atom stereocenters. The summed E-state index contributed by atoms with van der Waals surface area (Å²) < 4.78 is 5.22. The molecule has 0 spiro atoms. The Bertz CT molecular complexity index is 161. The Morgan fingerprint density at radius 3 is 2.20 bits per heavy atom. The van der Waals surface area contributed by atoms with E-state index < -0.39 is 6.10 Å². The lowest BCUT2D eigenvalue weighted by Crippen LogP contribution is -2.20. The Labute approximate surface area is 61.5 Å². The first kappa shape index (κ1) is 7.76. The van der Waals surface area contributed by atoms with Crippen LogP contribution in [0.15, 0.2) is 12.2 Å². The highest BCUT2D eigenvalue weighted by molar-refractivity contribution is 5.11. The summed E-state index contributed by atoms with van der Waals surface area (Å²) in [6.07, 6.45) is -0.528. The van der Waals surface area contributed by atoms with Crippen LogP contribution in [0.3, 0.4) is 0 Å². The normalized spacial score (nSPS) is 31.4. The quantitative estimate of drug-likeness (QED) is 0.462. The summed E-state index contributed by atoms with van der Waals surface area (Å²) in [5.41, 5.74) is 0.633. The maximum absolute atomic E-state index is 9.38. The molecule has 0 bridgehead atoms. The van der Waals surface area contributed by atoms with Crippen molar-refractivity contribution in [3.63, 3.8) is 0 Å². The van der Waals surface area contributed by atoms with E-state index in [4.69, 9.17) is 4.74 Å². The van der Waals surface area contributed by atoms with Gasteiger partial charge >= 0.3 is 0 Å². The molecule has 0 amide bonds. The Balaban J connectivity index is 2.47. The molecule has 1 fully saturated rings. The first-order chi connectivity index (χ1) is 4.45. The number of aliphatic hydroxyl groups is 1. The summed E-state index contributed by atoms with van der Waals surface area (Å²) >= 11 is 0. The lowest BCUT2D eigenvalue weighted by Gasteiger charge is -2.06. The van der Waals surface area contributed by atoms with Gasteiger partial charge in [-0.2, -0.15) is 0 Å². The van der Waals surface area contributed by atoms with Crippen molar-refractivity contribution in [3.8, 4) is 0 Å². The van der Waals surface area contributed by atoms with E-state index in [-0.39, 0.29) is 11.7 Å². The van der Waals surface area contributed by atoms with Gasteiger partial charge in [-0.15, -0.1) is 0 Å². The van der Waals surface area contributed by atoms with Gasteiger partial charge in [-0.05, 0) is 26.3 Å². The number of hydrogen-bond acceptors (Lipinski definition) is 2. The van der Waals surface area contributed by atoms with E-state index in [1.807, 2.05) is 20.8 Å². The monoisotopic (exact) mass is 142 g/mol. The summed E-state index contributed by atoms with van der Waals surface area (Å²) in [5, 5.41) is 9.38. The number of hydrogen-bond donors (Lipinski definition) is 1. The predicted octanol–water partition coefficient (Wildman–Crippen LogP) is 1.10. The highest BCUT2D eigenvalue weighted by atomic mass is 16.6. The first-order valence-electron chi connectivity index (χ1n) is 3.46. The molecule has 58 valence electrons. The zero-order chi connectivity index (χ0) is 7.94. The molecule has 0 aromatic carbocycles. The highest BCUT2D eigenvalue weighted by Gasteiger charge is 2.52. The molecule has 0 aliphatic carbocycles. The fraction of sp³-hybridized carbons (Fsp3) is 0.750. The van der Waals surface area contributed by atoms with E-state index in [0.717, 1.165) is 5.57 Å². The second kappa shape index (κ2) is 2.07. The minimum Gasteiger partial charge on any atom is -0.386 e. The average molecular weight is 142 g/mol. The molecular weight excluding hydrogens is 128 g/mol.